The molecule has 0 atom stereocenters. The summed E-state index contributed by atoms with van der Waals surface area (Å²) in [4.78, 5) is 4.23. The molecule has 0 aliphatic carbocycles. The average Bonchev–Trinajstić information content (AvgIpc) is 2.85. The third-order valence-electron chi connectivity index (χ3n) is 3.13. The molecule has 20 heavy (non-hydrogen) atoms. The van der Waals surface area contributed by atoms with Crippen LogP contribution in [0, 0.1) is 0 Å². The van der Waals surface area contributed by atoms with Gasteiger partial charge in [0.25, 0.3) is 0 Å². The Balaban J connectivity index is 1.84. The second kappa shape index (κ2) is 4.70. The van der Waals surface area contributed by atoms with Crippen molar-refractivity contribution in [1.29, 1.82) is 0 Å². The fourth-order valence-corrected chi connectivity index (χ4v) is 2.18. The first-order valence-corrected chi connectivity index (χ1v) is 6.19. The number of halogens is 3. The van der Waals surface area contributed by atoms with E-state index in [9.17, 15) is 13.2 Å². The van der Waals surface area contributed by atoms with Crippen molar-refractivity contribution in [3.63, 3.8) is 0 Å². The Kier molecular flexibility index (Phi) is 3.00. The highest BCUT2D eigenvalue weighted by Gasteiger charge is 2.30. The maximum Gasteiger partial charge on any atom is 0.416 e. The number of hydrogen-bond donors (Lipinski definition) is 2. The summed E-state index contributed by atoms with van der Waals surface area (Å²) >= 11 is 0. The average molecular weight is 279 g/mol. The lowest BCUT2D eigenvalue weighted by molar-refractivity contribution is -0.137. The minimum absolute atomic E-state index is 0.396. The second-order valence-corrected chi connectivity index (χ2v) is 4.61. The molecule has 6 heteroatoms. The Hall–Kier alpha value is -2.24. The van der Waals surface area contributed by atoms with Gasteiger partial charge in [0.05, 0.1) is 17.4 Å². The van der Waals surface area contributed by atoms with Crippen molar-refractivity contribution < 1.29 is 13.2 Å². The Morgan fingerprint density at radius 1 is 1.15 bits per heavy atom. The molecule has 3 nitrogen and oxygen atoms in total. The third-order valence-corrected chi connectivity index (χ3v) is 3.13. The molecular formula is C14H12F3N3. The molecule has 2 N–H and O–H groups in total. The lowest BCUT2D eigenvalue weighted by atomic mass is 10.2. The zero-order valence-corrected chi connectivity index (χ0v) is 10.5. The van der Waals surface area contributed by atoms with Crippen LogP contribution in [0.5, 0.6) is 0 Å². The zero-order valence-electron chi connectivity index (χ0n) is 10.5. The summed E-state index contributed by atoms with van der Waals surface area (Å²) < 4.78 is 37.9. The number of fused-ring (bicyclic) bond motifs is 1. The molecule has 0 saturated heterocycles. The normalized spacial score (nSPS) is 13.8. The van der Waals surface area contributed by atoms with Crippen molar-refractivity contribution in [3.8, 4) is 0 Å². The van der Waals surface area contributed by atoms with Gasteiger partial charge in [0.15, 0.2) is 0 Å². The molecular weight excluding hydrogens is 267 g/mol. The van der Waals surface area contributed by atoms with E-state index in [-0.39, 0.29) is 0 Å². The molecule has 0 bridgehead atoms. The molecule has 0 radical (unpaired) electrons. The van der Waals surface area contributed by atoms with E-state index < -0.39 is 11.7 Å². The van der Waals surface area contributed by atoms with Crippen LogP contribution in [0.15, 0.2) is 36.5 Å². The molecule has 3 rings (SSSR count). The number of nitrogens with one attached hydrogen (secondary N) is 2. The molecule has 2 aromatic rings. The highest BCUT2D eigenvalue weighted by molar-refractivity contribution is 5.64. The van der Waals surface area contributed by atoms with Gasteiger partial charge >= 0.3 is 6.18 Å². The molecule has 0 fully saturated rings. The van der Waals surface area contributed by atoms with E-state index in [4.69, 9.17) is 0 Å². The predicted octanol–water partition coefficient (Wildman–Crippen LogP) is 3.81. The molecule has 0 spiro atoms. The fraction of sp³-hybridized carbons (Fsp3) is 0.214. The van der Waals surface area contributed by atoms with Crippen LogP contribution in [0.4, 0.5) is 30.4 Å². The van der Waals surface area contributed by atoms with Crippen LogP contribution in [0.3, 0.4) is 0 Å². The molecule has 1 aliphatic rings. The van der Waals surface area contributed by atoms with Gasteiger partial charge in [-0.2, -0.15) is 13.2 Å². The van der Waals surface area contributed by atoms with Crippen LogP contribution in [0.1, 0.15) is 11.1 Å². The summed E-state index contributed by atoms with van der Waals surface area (Å²) in [5, 5.41) is 6.09. The van der Waals surface area contributed by atoms with Gasteiger partial charge in [-0.15, -0.1) is 0 Å². The van der Waals surface area contributed by atoms with Gasteiger partial charge in [-0.05, 0) is 36.2 Å². The van der Waals surface area contributed by atoms with Crippen molar-refractivity contribution in [3.05, 3.63) is 47.7 Å². The monoisotopic (exact) mass is 279 g/mol. The van der Waals surface area contributed by atoms with Gasteiger partial charge < -0.3 is 10.6 Å². The minimum Gasteiger partial charge on any atom is -0.370 e. The number of alkyl halides is 3. The molecule has 1 aromatic heterocycles. The number of aromatic nitrogens is 1. The van der Waals surface area contributed by atoms with E-state index in [1.165, 1.54) is 6.07 Å². The van der Waals surface area contributed by atoms with E-state index in [1.807, 2.05) is 6.07 Å². The summed E-state index contributed by atoms with van der Waals surface area (Å²) in [6.07, 6.45) is -1.85. The van der Waals surface area contributed by atoms with Gasteiger partial charge in [0, 0.05) is 12.2 Å². The largest absolute Gasteiger partial charge is 0.416 e. The quantitative estimate of drug-likeness (QED) is 0.877. The highest BCUT2D eigenvalue weighted by atomic mass is 19.4. The summed E-state index contributed by atoms with van der Waals surface area (Å²) in [7, 11) is 0. The molecule has 2 heterocycles. The SMILES string of the molecule is FC(F)(F)c1cccc(Nc2cnc3c(c2)CCN3)c1. The highest BCUT2D eigenvalue weighted by Crippen LogP contribution is 2.31. The zero-order chi connectivity index (χ0) is 14.2. The van der Waals surface area contributed by atoms with E-state index in [0.717, 1.165) is 36.5 Å². The van der Waals surface area contributed by atoms with Gasteiger partial charge in [-0.1, -0.05) is 6.07 Å². The minimum atomic E-state index is -4.34. The van der Waals surface area contributed by atoms with Crippen LogP contribution in [-0.4, -0.2) is 11.5 Å². The second-order valence-electron chi connectivity index (χ2n) is 4.61. The number of rotatable bonds is 2. The summed E-state index contributed by atoms with van der Waals surface area (Å²) in [5.41, 5.74) is 1.49. The number of anilines is 3. The number of hydrogen-bond acceptors (Lipinski definition) is 3. The first kappa shape index (κ1) is 12.8. The first-order chi connectivity index (χ1) is 9.52. The number of benzene rings is 1. The van der Waals surface area contributed by atoms with Gasteiger partial charge in [-0.3, -0.25) is 0 Å². The summed E-state index contributed by atoms with van der Waals surface area (Å²) in [6.45, 7) is 0.843. The Labute approximate surface area is 113 Å². The Bertz CT molecular complexity index is 638. The maximum atomic E-state index is 12.6. The first-order valence-electron chi connectivity index (χ1n) is 6.19. The van der Waals surface area contributed by atoms with E-state index in [1.54, 1.807) is 12.3 Å². The van der Waals surface area contributed by atoms with Crippen molar-refractivity contribution in [2.75, 3.05) is 17.2 Å². The maximum absolute atomic E-state index is 12.6. The number of pyridine rings is 1. The molecule has 1 aromatic carbocycles. The van der Waals surface area contributed by atoms with Crippen LogP contribution < -0.4 is 10.6 Å². The Morgan fingerprint density at radius 2 is 2.00 bits per heavy atom. The molecule has 0 saturated carbocycles. The van der Waals surface area contributed by atoms with Crippen LogP contribution in [0.2, 0.25) is 0 Å². The van der Waals surface area contributed by atoms with Crippen molar-refractivity contribution in [1.82, 2.24) is 4.98 Å². The van der Waals surface area contributed by atoms with Crippen LogP contribution in [-0.2, 0) is 12.6 Å². The van der Waals surface area contributed by atoms with Crippen LogP contribution >= 0.6 is 0 Å². The standard InChI is InChI=1S/C14H12F3N3/c15-14(16,17)10-2-1-3-11(7-10)20-12-6-9-4-5-18-13(9)19-8-12/h1-3,6-8,20H,4-5H2,(H,18,19). The smallest absolute Gasteiger partial charge is 0.370 e. The van der Waals surface area contributed by atoms with E-state index in [0.29, 0.717) is 11.4 Å². The van der Waals surface area contributed by atoms with Gasteiger partial charge in [-0.25, -0.2) is 4.98 Å². The lowest BCUT2D eigenvalue weighted by Gasteiger charge is -2.11. The van der Waals surface area contributed by atoms with Crippen molar-refractivity contribution in [2.45, 2.75) is 12.6 Å². The predicted molar refractivity (Wildman–Crippen MR) is 71.2 cm³/mol. The molecule has 0 unspecified atom stereocenters. The van der Waals surface area contributed by atoms with Gasteiger partial charge in [0.2, 0.25) is 0 Å². The number of nitrogens with zero attached hydrogens (tertiary/aromatic N) is 1. The van der Waals surface area contributed by atoms with E-state index >= 15 is 0 Å². The van der Waals surface area contributed by atoms with Crippen molar-refractivity contribution >= 4 is 17.2 Å². The lowest BCUT2D eigenvalue weighted by Crippen LogP contribution is -2.05. The fourth-order valence-electron chi connectivity index (χ4n) is 2.18. The molecule has 104 valence electrons. The van der Waals surface area contributed by atoms with Gasteiger partial charge in [0.1, 0.15) is 5.82 Å². The third kappa shape index (κ3) is 2.54. The van der Waals surface area contributed by atoms with E-state index in [2.05, 4.69) is 15.6 Å². The summed E-state index contributed by atoms with van der Waals surface area (Å²) in [5.74, 6) is 0.847. The topological polar surface area (TPSA) is 37.0 Å². The molecule has 1 aliphatic heterocycles. The Morgan fingerprint density at radius 3 is 2.80 bits per heavy atom. The van der Waals surface area contributed by atoms with Crippen LogP contribution in [0.25, 0.3) is 0 Å². The van der Waals surface area contributed by atoms with Crippen molar-refractivity contribution in [2.24, 2.45) is 0 Å². The molecule has 0 amide bonds. The summed E-state index contributed by atoms with van der Waals surface area (Å²) in [6, 6.07) is 7.03.